The van der Waals surface area contributed by atoms with Crippen molar-refractivity contribution in [2.24, 2.45) is 0 Å². The van der Waals surface area contributed by atoms with Gasteiger partial charge in [-0.05, 0) is 47.9 Å². The lowest BCUT2D eigenvalue weighted by Crippen LogP contribution is -2.40. The quantitative estimate of drug-likeness (QED) is 0.319. The molecule has 0 atom stereocenters. The lowest BCUT2D eigenvalue weighted by Gasteiger charge is -2.28. The minimum absolute atomic E-state index is 0.360. The number of imide groups is 1. The minimum Gasteiger partial charge on any atom is -0.346 e. The number of hydrogen-bond donors (Lipinski definition) is 0. The van der Waals surface area contributed by atoms with Crippen LogP contribution in [0.2, 0.25) is 0 Å². The van der Waals surface area contributed by atoms with Crippen LogP contribution in [0.1, 0.15) is 43.7 Å². The van der Waals surface area contributed by atoms with Gasteiger partial charge < -0.3 is 9.47 Å². The number of carbonyl (C=O) groups excluding carboxylic acids is 2. The van der Waals surface area contributed by atoms with Gasteiger partial charge in [0.1, 0.15) is 0 Å². The molecule has 4 aromatic carbocycles. The van der Waals surface area contributed by atoms with Crippen LogP contribution in [0.5, 0.6) is 0 Å². The van der Waals surface area contributed by atoms with Crippen LogP contribution in [0.4, 0.5) is 5.69 Å². The maximum absolute atomic E-state index is 13.5. The van der Waals surface area contributed by atoms with E-state index in [0.29, 0.717) is 35.4 Å². The van der Waals surface area contributed by atoms with Gasteiger partial charge >= 0.3 is 0 Å². The predicted molar refractivity (Wildman–Crippen MR) is 129 cm³/mol. The second kappa shape index (κ2) is 8.27. The number of nitrogens with zero attached hydrogens (tertiary/aromatic N) is 1. The fraction of sp³-hybridized carbons (Fsp3) is 0.103. The van der Waals surface area contributed by atoms with Crippen LogP contribution < -0.4 is 4.90 Å². The van der Waals surface area contributed by atoms with Crippen molar-refractivity contribution in [1.82, 2.24) is 0 Å². The van der Waals surface area contributed by atoms with E-state index in [9.17, 15) is 9.59 Å². The lowest BCUT2D eigenvalue weighted by atomic mass is 9.91. The Bertz CT molecular complexity index is 1490. The highest BCUT2D eigenvalue weighted by Crippen LogP contribution is 2.35. The van der Waals surface area contributed by atoms with Gasteiger partial charge in [-0.1, -0.05) is 54.3 Å². The largest absolute Gasteiger partial charge is 0.346 e. The van der Waals surface area contributed by atoms with Crippen molar-refractivity contribution in [3.8, 4) is 11.8 Å². The second-order valence-electron chi connectivity index (χ2n) is 8.12. The summed E-state index contributed by atoms with van der Waals surface area (Å²) in [7, 11) is 0. The topological polar surface area (TPSA) is 55.8 Å². The van der Waals surface area contributed by atoms with Crippen molar-refractivity contribution in [1.29, 1.82) is 0 Å². The van der Waals surface area contributed by atoms with E-state index >= 15 is 0 Å². The van der Waals surface area contributed by atoms with Gasteiger partial charge in [0, 0.05) is 33.2 Å². The zero-order chi connectivity index (χ0) is 23.1. The normalized spacial score (nSPS) is 15.5. The highest BCUT2D eigenvalue weighted by molar-refractivity contribution is 6.36. The zero-order valence-electron chi connectivity index (χ0n) is 18.2. The summed E-state index contributed by atoms with van der Waals surface area (Å²) >= 11 is 0. The lowest BCUT2D eigenvalue weighted by molar-refractivity contribution is -0.0440. The number of rotatable bonds is 2. The Kier molecular flexibility index (Phi) is 4.96. The molecule has 2 heterocycles. The molecule has 0 aromatic heterocycles. The molecular weight excluding hydrogens is 426 g/mol. The third-order valence-electron chi connectivity index (χ3n) is 6.05. The third kappa shape index (κ3) is 3.37. The first-order valence-electron chi connectivity index (χ1n) is 11.1. The van der Waals surface area contributed by atoms with Gasteiger partial charge in [-0.15, -0.1) is 0 Å². The molecule has 0 aliphatic carbocycles. The van der Waals surface area contributed by atoms with E-state index < -0.39 is 6.29 Å². The first kappa shape index (κ1) is 20.4. The number of ether oxygens (including phenoxy) is 2. The van der Waals surface area contributed by atoms with Crippen molar-refractivity contribution in [2.45, 2.75) is 6.29 Å². The fourth-order valence-electron chi connectivity index (χ4n) is 4.46. The fourth-order valence-corrected chi connectivity index (χ4v) is 4.46. The van der Waals surface area contributed by atoms with E-state index in [-0.39, 0.29) is 11.8 Å². The van der Waals surface area contributed by atoms with Gasteiger partial charge in [-0.3, -0.25) is 9.59 Å². The van der Waals surface area contributed by atoms with Crippen LogP contribution in [-0.2, 0) is 9.47 Å². The maximum atomic E-state index is 13.5. The molecule has 0 N–H and O–H groups in total. The molecule has 5 nitrogen and oxygen atoms in total. The van der Waals surface area contributed by atoms with E-state index in [1.807, 2.05) is 54.6 Å². The SMILES string of the molecule is O=C1c2cccc3c(C#Cc4ccccc4)ccc(c23)C(=O)N1c1cccc(C2OCCO2)c1. The van der Waals surface area contributed by atoms with Gasteiger partial charge in [0.15, 0.2) is 6.29 Å². The van der Waals surface area contributed by atoms with Crippen molar-refractivity contribution in [2.75, 3.05) is 18.1 Å². The van der Waals surface area contributed by atoms with Crippen LogP contribution in [0, 0.1) is 11.8 Å². The molecule has 1 fully saturated rings. The molecule has 0 unspecified atom stereocenters. The summed E-state index contributed by atoms with van der Waals surface area (Å²) in [6.07, 6.45) is -0.489. The predicted octanol–water partition coefficient (Wildman–Crippen LogP) is 5.09. The average molecular weight is 445 g/mol. The van der Waals surface area contributed by atoms with Gasteiger partial charge in [0.2, 0.25) is 0 Å². The average Bonchev–Trinajstić information content (AvgIpc) is 3.42. The summed E-state index contributed by atoms with van der Waals surface area (Å²) in [6.45, 7) is 1.03. The molecule has 0 spiro atoms. The first-order valence-corrected chi connectivity index (χ1v) is 11.1. The Morgan fingerprint density at radius 3 is 2.26 bits per heavy atom. The molecule has 2 amide bonds. The van der Waals surface area contributed by atoms with Crippen LogP contribution >= 0.6 is 0 Å². The summed E-state index contributed by atoms with van der Waals surface area (Å²) in [5.41, 5.74) is 3.89. The Morgan fingerprint density at radius 2 is 1.47 bits per heavy atom. The van der Waals surface area contributed by atoms with E-state index in [2.05, 4.69) is 11.8 Å². The highest BCUT2D eigenvalue weighted by Gasteiger charge is 2.34. The van der Waals surface area contributed by atoms with Crippen molar-refractivity contribution in [3.63, 3.8) is 0 Å². The Hall–Kier alpha value is -4.24. The van der Waals surface area contributed by atoms with Crippen LogP contribution in [0.15, 0.2) is 84.9 Å². The minimum atomic E-state index is -0.489. The Labute approximate surface area is 196 Å². The maximum Gasteiger partial charge on any atom is 0.265 e. The van der Waals surface area contributed by atoms with Gasteiger partial charge in [-0.2, -0.15) is 0 Å². The van der Waals surface area contributed by atoms with E-state index in [0.717, 1.165) is 22.1 Å². The molecule has 2 aliphatic heterocycles. The monoisotopic (exact) mass is 445 g/mol. The van der Waals surface area contributed by atoms with E-state index in [4.69, 9.17) is 9.47 Å². The molecule has 0 radical (unpaired) electrons. The van der Waals surface area contributed by atoms with Crippen LogP contribution in [0.25, 0.3) is 10.8 Å². The summed E-state index contributed by atoms with van der Waals surface area (Å²) in [5, 5.41) is 1.44. The summed E-state index contributed by atoms with van der Waals surface area (Å²) < 4.78 is 11.2. The van der Waals surface area contributed by atoms with Gasteiger partial charge in [-0.25, -0.2) is 4.90 Å². The molecular formula is C29H19NO4. The smallest absolute Gasteiger partial charge is 0.265 e. The van der Waals surface area contributed by atoms with Gasteiger partial charge in [0.05, 0.1) is 18.9 Å². The standard InChI is InChI=1S/C29H19NO4/c31-27-24-11-5-10-23-20(13-12-19-6-2-1-3-7-19)14-15-25(26(23)24)28(32)30(27)22-9-4-8-21(18-22)29-33-16-17-34-29/h1-11,14-15,18,29H,16-17H2. The van der Waals surface area contributed by atoms with Gasteiger partial charge in [0.25, 0.3) is 11.8 Å². The summed E-state index contributed by atoms with van der Waals surface area (Å²) in [6, 6.07) is 26.0. The van der Waals surface area contributed by atoms with Crippen molar-refractivity contribution >= 4 is 28.3 Å². The molecule has 0 saturated carbocycles. The number of amides is 2. The number of benzene rings is 4. The number of hydrogen-bond acceptors (Lipinski definition) is 4. The van der Waals surface area contributed by atoms with Crippen LogP contribution in [0.3, 0.4) is 0 Å². The zero-order valence-corrected chi connectivity index (χ0v) is 18.2. The van der Waals surface area contributed by atoms with Crippen LogP contribution in [-0.4, -0.2) is 25.0 Å². The molecule has 34 heavy (non-hydrogen) atoms. The molecule has 6 rings (SSSR count). The number of anilines is 1. The summed E-state index contributed by atoms with van der Waals surface area (Å²) in [4.78, 5) is 28.3. The molecule has 0 bridgehead atoms. The third-order valence-corrected chi connectivity index (χ3v) is 6.05. The molecule has 1 saturated heterocycles. The highest BCUT2D eigenvalue weighted by atomic mass is 16.7. The number of carbonyl (C=O) groups is 2. The first-order chi connectivity index (χ1) is 16.7. The Morgan fingerprint density at radius 1 is 0.735 bits per heavy atom. The van der Waals surface area contributed by atoms with E-state index in [1.54, 1.807) is 30.3 Å². The Balaban J connectivity index is 1.44. The van der Waals surface area contributed by atoms with Crippen molar-refractivity contribution in [3.05, 3.63) is 113 Å². The second-order valence-corrected chi connectivity index (χ2v) is 8.12. The molecule has 164 valence electrons. The van der Waals surface area contributed by atoms with E-state index in [1.165, 1.54) is 4.90 Å². The van der Waals surface area contributed by atoms with Crippen molar-refractivity contribution < 1.29 is 19.1 Å². The molecule has 5 heteroatoms. The summed E-state index contributed by atoms with van der Waals surface area (Å²) in [5.74, 6) is 5.65. The molecule has 2 aliphatic rings. The molecule has 4 aromatic rings.